The Morgan fingerprint density at radius 2 is 2.28 bits per heavy atom. The molecule has 1 heterocycles. The van der Waals surface area contributed by atoms with Gasteiger partial charge in [0, 0.05) is 32.8 Å². The highest BCUT2D eigenvalue weighted by molar-refractivity contribution is 5.76. The molecular weight excluding hydrogens is 236 g/mol. The Labute approximate surface area is 107 Å². The van der Waals surface area contributed by atoms with Crippen molar-refractivity contribution < 1.29 is 19.4 Å². The number of carboxylic acid groups (broad SMARTS) is 1. The highest BCUT2D eigenvalue weighted by Gasteiger charge is 2.27. The van der Waals surface area contributed by atoms with Crippen LogP contribution in [-0.4, -0.2) is 54.9 Å². The molecule has 0 saturated carbocycles. The molecule has 0 radical (unpaired) electrons. The number of nitrogens with one attached hydrogen (secondary N) is 1. The topological polar surface area (TPSA) is 78.9 Å². The SMILES string of the molecule is CCOCCCNC(=O)N1CCCC(C(=O)O)C1. The summed E-state index contributed by atoms with van der Waals surface area (Å²) in [5.74, 6) is -1.24. The lowest BCUT2D eigenvalue weighted by molar-refractivity contribution is -0.143. The molecule has 1 saturated heterocycles. The number of rotatable bonds is 6. The van der Waals surface area contributed by atoms with Crippen molar-refractivity contribution in [3.63, 3.8) is 0 Å². The average Bonchev–Trinajstić information content (AvgIpc) is 2.38. The molecule has 0 aromatic rings. The molecule has 0 aromatic carbocycles. The maximum absolute atomic E-state index is 11.8. The van der Waals surface area contributed by atoms with Gasteiger partial charge in [0.25, 0.3) is 0 Å². The number of nitrogens with zero attached hydrogens (tertiary/aromatic N) is 1. The summed E-state index contributed by atoms with van der Waals surface area (Å²) >= 11 is 0. The van der Waals surface area contributed by atoms with E-state index < -0.39 is 11.9 Å². The Bertz CT molecular complexity index is 283. The van der Waals surface area contributed by atoms with Crippen molar-refractivity contribution in [3.8, 4) is 0 Å². The van der Waals surface area contributed by atoms with Gasteiger partial charge in [0.05, 0.1) is 5.92 Å². The van der Waals surface area contributed by atoms with E-state index in [-0.39, 0.29) is 6.03 Å². The normalized spacial score (nSPS) is 19.6. The van der Waals surface area contributed by atoms with Crippen molar-refractivity contribution in [1.82, 2.24) is 10.2 Å². The maximum Gasteiger partial charge on any atom is 0.317 e. The maximum atomic E-state index is 11.8. The van der Waals surface area contributed by atoms with E-state index in [9.17, 15) is 9.59 Å². The Morgan fingerprint density at radius 1 is 1.50 bits per heavy atom. The number of urea groups is 1. The summed E-state index contributed by atoms with van der Waals surface area (Å²) in [4.78, 5) is 24.2. The van der Waals surface area contributed by atoms with E-state index in [1.54, 1.807) is 4.90 Å². The number of hydrogen-bond donors (Lipinski definition) is 2. The van der Waals surface area contributed by atoms with E-state index in [1.807, 2.05) is 6.92 Å². The molecule has 0 aromatic heterocycles. The number of aliphatic carboxylic acids is 1. The van der Waals surface area contributed by atoms with Crippen LogP contribution in [0.4, 0.5) is 4.79 Å². The molecule has 6 nitrogen and oxygen atoms in total. The molecule has 6 heteroatoms. The molecule has 1 rings (SSSR count). The quantitative estimate of drug-likeness (QED) is 0.694. The zero-order valence-electron chi connectivity index (χ0n) is 10.9. The zero-order valence-corrected chi connectivity index (χ0v) is 10.9. The molecule has 2 amide bonds. The van der Waals surface area contributed by atoms with Crippen LogP contribution in [-0.2, 0) is 9.53 Å². The smallest absolute Gasteiger partial charge is 0.317 e. The second-order valence-electron chi connectivity index (χ2n) is 4.41. The Kier molecular flexibility index (Phi) is 6.49. The number of piperidine rings is 1. The molecule has 1 atom stereocenters. The van der Waals surface area contributed by atoms with Crippen LogP contribution in [0.25, 0.3) is 0 Å². The van der Waals surface area contributed by atoms with Gasteiger partial charge in [-0.15, -0.1) is 0 Å². The standard InChI is InChI=1S/C12H22N2O4/c1-2-18-8-4-6-13-12(17)14-7-3-5-10(9-14)11(15)16/h10H,2-9H2,1H3,(H,13,17)(H,15,16). The molecular formula is C12H22N2O4. The second-order valence-corrected chi connectivity index (χ2v) is 4.41. The number of carboxylic acids is 1. The van der Waals surface area contributed by atoms with Crippen LogP contribution in [0.2, 0.25) is 0 Å². The van der Waals surface area contributed by atoms with Crippen LogP contribution in [0, 0.1) is 5.92 Å². The molecule has 0 aliphatic carbocycles. The van der Waals surface area contributed by atoms with Gasteiger partial charge in [-0.05, 0) is 26.2 Å². The van der Waals surface area contributed by atoms with Gasteiger partial charge in [-0.25, -0.2) is 4.79 Å². The first-order chi connectivity index (χ1) is 8.65. The van der Waals surface area contributed by atoms with Crippen molar-refractivity contribution in [3.05, 3.63) is 0 Å². The minimum atomic E-state index is -0.816. The second kappa shape index (κ2) is 7.92. The first-order valence-electron chi connectivity index (χ1n) is 6.48. The summed E-state index contributed by atoms with van der Waals surface area (Å²) in [5.41, 5.74) is 0. The summed E-state index contributed by atoms with van der Waals surface area (Å²) in [7, 11) is 0. The zero-order chi connectivity index (χ0) is 13.4. The van der Waals surface area contributed by atoms with Gasteiger partial charge in [0.2, 0.25) is 0 Å². The number of ether oxygens (including phenoxy) is 1. The largest absolute Gasteiger partial charge is 0.481 e. The molecule has 1 fully saturated rings. The molecule has 104 valence electrons. The fourth-order valence-corrected chi connectivity index (χ4v) is 1.99. The molecule has 0 bridgehead atoms. The summed E-state index contributed by atoms with van der Waals surface area (Å²) in [5, 5.41) is 11.7. The van der Waals surface area contributed by atoms with Crippen LogP contribution in [0.1, 0.15) is 26.2 Å². The van der Waals surface area contributed by atoms with E-state index >= 15 is 0 Å². The first kappa shape index (κ1) is 14.8. The van der Waals surface area contributed by atoms with Gasteiger partial charge in [0.15, 0.2) is 0 Å². The van der Waals surface area contributed by atoms with Crippen LogP contribution >= 0.6 is 0 Å². The highest BCUT2D eigenvalue weighted by Crippen LogP contribution is 2.16. The van der Waals surface area contributed by atoms with Crippen LogP contribution in [0.3, 0.4) is 0 Å². The lowest BCUT2D eigenvalue weighted by Crippen LogP contribution is -2.47. The lowest BCUT2D eigenvalue weighted by atomic mass is 9.99. The highest BCUT2D eigenvalue weighted by atomic mass is 16.5. The Morgan fingerprint density at radius 3 is 2.94 bits per heavy atom. The number of hydrogen-bond acceptors (Lipinski definition) is 3. The first-order valence-corrected chi connectivity index (χ1v) is 6.48. The Balaban J connectivity index is 2.22. The van der Waals surface area contributed by atoms with Crippen molar-refractivity contribution in [2.24, 2.45) is 5.92 Å². The van der Waals surface area contributed by atoms with Gasteiger partial charge in [-0.1, -0.05) is 0 Å². The Hall–Kier alpha value is -1.30. The van der Waals surface area contributed by atoms with Crippen LogP contribution in [0.5, 0.6) is 0 Å². The van der Waals surface area contributed by atoms with E-state index in [2.05, 4.69) is 5.32 Å². The van der Waals surface area contributed by atoms with Crippen molar-refractivity contribution in [1.29, 1.82) is 0 Å². The van der Waals surface area contributed by atoms with Gasteiger partial charge < -0.3 is 20.1 Å². The molecule has 18 heavy (non-hydrogen) atoms. The van der Waals surface area contributed by atoms with Gasteiger partial charge in [-0.2, -0.15) is 0 Å². The molecule has 1 aliphatic heterocycles. The molecule has 1 aliphatic rings. The van der Waals surface area contributed by atoms with Gasteiger partial charge in [0.1, 0.15) is 0 Å². The third-order valence-electron chi connectivity index (χ3n) is 3.00. The van der Waals surface area contributed by atoms with E-state index in [1.165, 1.54) is 0 Å². The molecule has 1 unspecified atom stereocenters. The van der Waals surface area contributed by atoms with Gasteiger partial charge >= 0.3 is 12.0 Å². The number of likely N-dealkylation sites (tertiary alicyclic amines) is 1. The lowest BCUT2D eigenvalue weighted by Gasteiger charge is -2.30. The monoisotopic (exact) mass is 258 g/mol. The summed E-state index contributed by atoms with van der Waals surface area (Å²) in [6.07, 6.45) is 2.18. The fraction of sp³-hybridized carbons (Fsp3) is 0.833. The van der Waals surface area contributed by atoms with Crippen molar-refractivity contribution in [2.45, 2.75) is 26.2 Å². The van der Waals surface area contributed by atoms with E-state index in [4.69, 9.17) is 9.84 Å². The number of carbonyl (C=O) groups excluding carboxylic acids is 1. The fourth-order valence-electron chi connectivity index (χ4n) is 1.99. The minimum Gasteiger partial charge on any atom is -0.481 e. The van der Waals surface area contributed by atoms with E-state index in [0.717, 1.165) is 12.8 Å². The number of carbonyl (C=O) groups is 2. The van der Waals surface area contributed by atoms with E-state index in [0.29, 0.717) is 39.3 Å². The predicted octanol–water partition coefficient (Wildman–Crippen LogP) is 0.919. The van der Waals surface area contributed by atoms with Crippen LogP contribution in [0.15, 0.2) is 0 Å². The molecule has 0 spiro atoms. The van der Waals surface area contributed by atoms with Gasteiger partial charge in [-0.3, -0.25) is 4.79 Å². The van der Waals surface area contributed by atoms with Crippen molar-refractivity contribution >= 4 is 12.0 Å². The predicted molar refractivity (Wildman–Crippen MR) is 66.4 cm³/mol. The third-order valence-corrected chi connectivity index (χ3v) is 3.00. The summed E-state index contributed by atoms with van der Waals surface area (Å²) in [6, 6.07) is -0.169. The summed E-state index contributed by atoms with van der Waals surface area (Å²) in [6.45, 7) is 4.76. The molecule has 2 N–H and O–H groups in total. The summed E-state index contributed by atoms with van der Waals surface area (Å²) < 4.78 is 5.17. The number of amides is 2. The van der Waals surface area contributed by atoms with Crippen molar-refractivity contribution in [2.75, 3.05) is 32.8 Å². The third kappa shape index (κ3) is 4.91. The van der Waals surface area contributed by atoms with Crippen LogP contribution < -0.4 is 5.32 Å². The minimum absolute atomic E-state index is 0.169. The average molecular weight is 258 g/mol.